The minimum atomic E-state index is -1.15. The summed E-state index contributed by atoms with van der Waals surface area (Å²) in [6.07, 6.45) is 0. The van der Waals surface area contributed by atoms with Crippen LogP contribution in [0.4, 0.5) is 5.00 Å². The van der Waals surface area contributed by atoms with E-state index in [9.17, 15) is 9.59 Å². The topological polar surface area (TPSA) is 64.6 Å². The standard InChI is InChI=1S/C18H20ClNO4S/c1-10-11(2)25-15(14(10)16(21)23-5)20-17(22)18(3,4)24-13-8-6-12(19)7-9-13/h6-9H,1-5H3,(H,20,22). The lowest BCUT2D eigenvalue weighted by atomic mass is 10.1. The van der Waals surface area contributed by atoms with Crippen LogP contribution in [0.2, 0.25) is 5.02 Å². The van der Waals surface area contributed by atoms with Crippen molar-refractivity contribution in [2.24, 2.45) is 0 Å². The molecular weight excluding hydrogens is 362 g/mol. The van der Waals surface area contributed by atoms with E-state index in [0.29, 0.717) is 21.3 Å². The van der Waals surface area contributed by atoms with Gasteiger partial charge in [0.25, 0.3) is 5.91 Å². The molecule has 0 spiro atoms. The summed E-state index contributed by atoms with van der Waals surface area (Å²) in [6, 6.07) is 6.76. The van der Waals surface area contributed by atoms with Crippen molar-refractivity contribution in [2.75, 3.05) is 12.4 Å². The third-order valence-corrected chi connectivity index (χ3v) is 5.11. The number of hydrogen-bond acceptors (Lipinski definition) is 5. The van der Waals surface area contributed by atoms with Crippen LogP contribution in [0.3, 0.4) is 0 Å². The van der Waals surface area contributed by atoms with Crippen LogP contribution in [-0.2, 0) is 9.53 Å². The van der Waals surface area contributed by atoms with Gasteiger partial charge in [-0.05, 0) is 57.5 Å². The molecule has 1 N–H and O–H groups in total. The van der Waals surface area contributed by atoms with E-state index in [1.165, 1.54) is 18.4 Å². The van der Waals surface area contributed by atoms with E-state index >= 15 is 0 Å². The number of esters is 1. The summed E-state index contributed by atoms with van der Waals surface area (Å²) in [5.41, 5.74) is 0.0248. The van der Waals surface area contributed by atoms with Gasteiger partial charge in [0.15, 0.2) is 5.60 Å². The molecule has 1 aromatic heterocycles. The Hall–Kier alpha value is -2.05. The Labute approximate surface area is 155 Å². The Bertz CT molecular complexity index is 796. The smallest absolute Gasteiger partial charge is 0.341 e. The molecular formula is C18H20ClNO4S. The lowest BCUT2D eigenvalue weighted by Crippen LogP contribution is -2.42. The second-order valence-corrected chi connectivity index (χ2v) is 7.66. The van der Waals surface area contributed by atoms with Gasteiger partial charge < -0.3 is 14.8 Å². The number of aryl methyl sites for hydroxylation is 1. The molecule has 0 aliphatic rings. The molecule has 0 bridgehead atoms. The fourth-order valence-electron chi connectivity index (χ4n) is 2.16. The number of ether oxygens (including phenoxy) is 2. The lowest BCUT2D eigenvalue weighted by molar-refractivity contribution is -0.128. The van der Waals surface area contributed by atoms with Crippen molar-refractivity contribution in [3.63, 3.8) is 0 Å². The third-order valence-electron chi connectivity index (χ3n) is 3.74. The van der Waals surface area contributed by atoms with Crippen LogP contribution in [0.25, 0.3) is 0 Å². The number of halogens is 1. The SMILES string of the molecule is COC(=O)c1c(NC(=O)C(C)(C)Oc2ccc(Cl)cc2)sc(C)c1C. The van der Waals surface area contributed by atoms with Crippen molar-refractivity contribution < 1.29 is 19.1 Å². The van der Waals surface area contributed by atoms with Crippen LogP contribution in [0, 0.1) is 13.8 Å². The van der Waals surface area contributed by atoms with E-state index < -0.39 is 11.6 Å². The number of rotatable bonds is 5. The molecule has 0 unspecified atom stereocenters. The Balaban J connectivity index is 2.22. The van der Waals surface area contributed by atoms with Crippen molar-refractivity contribution >= 4 is 39.8 Å². The highest BCUT2D eigenvalue weighted by atomic mass is 35.5. The number of nitrogens with one attached hydrogen (secondary N) is 1. The van der Waals surface area contributed by atoms with Gasteiger partial charge in [0.2, 0.25) is 0 Å². The van der Waals surface area contributed by atoms with E-state index in [0.717, 1.165) is 10.4 Å². The predicted octanol–water partition coefficient (Wildman–Crippen LogP) is 4.60. The van der Waals surface area contributed by atoms with Crippen LogP contribution in [0.1, 0.15) is 34.6 Å². The second kappa shape index (κ2) is 7.45. The molecule has 7 heteroatoms. The number of thiophene rings is 1. The van der Waals surface area contributed by atoms with Crippen LogP contribution >= 0.6 is 22.9 Å². The zero-order valence-corrected chi connectivity index (χ0v) is 16.3. The number of methoxy groups -OCH3 is 1. The summed E-state index contributed by atoms with van der Waals surface area (Å²) in [5.74, 6) is -0.321. The molecule has 25 heavy (non-hydrogen) atoms. The van der Waals surface area contributed by atoms with Crippen LogP contribution < -0.4 is 10.1 Å². The summed E-state index contributed by atoms with van der Waals surface area (Å²) in [5, 5.41) is 3.83. The van der Waals surface area contributed by atoms with Crippen molar-refractivity contribution in [3.05, 3.63) is 45.3 Å². The number of amides is 1. The highest BCUT2D eigenvalue weighted by Gasteiger charge is 2.32. The maximum Gasteiger partial charge on any atom is 0.341 e. The van der Waals surface area contributed by atoms with E-state index in [2.05, 4.69) is 5.32 Å². The van der Waals surface area contributed by atoms with Gasteiger partial charge in [-0.2, -0.15) is 0 Å². The average Bonchev–Trinajstić information content (AvgIpc) is 2.83. The molecule has 1 heterocycles. The minimum Gasteiger partial charge on any atom is -0.478 e. The van der Waals surface area contributed by atoms with E-state index in [1.807, 2.05) is 13.8 Å². The van der Waals surface area contributed by atoms with Gasteiger partial charge >= 0.3 is 5.97 Å². The minimum absolute atomic E-state index is 0.367. The quantitative estimate of drug-likeness (QED) is 0.768. The largest absolute Gasteiger partial charge is 0.478 e. The van der Waals surface area contributed by atoms with Gasteiger partial charge in [-0.15, -0.1) is 11.3 Å². The first-order valence-electron chi connectivity index (χ1n) is 7.60. The Morgan fingerprint density at radius 3 is 2.32 bits per heavy atom. The number of benzene rings is 1. The second-order valence-electron chi connectivity index (χ2n) is 6.00. The summed E-state index contributed by atoms with van der Waals surface area (Å²) in [4.78, 5) is 25.6. The van der Waals surface area contributed by atoms with Gasteiger partial charge in [-0.25, -0.2) is 4.79 Å². The lowest BCUT2D eigenvalue weighted by Gasteiger charge is -2.25. The van der Waals surface area contributed by atoms with E-state index in [4.69, 9.17) is 21.1 Å². The molecule has 0 atom stereocenters. The molecule has 0 saturated heterocycles. The molecule has 1 aromatic carbocycles. The highest BCUT2D eigenvalue weighted by molar-refractivity contribution is 7.16. The predicted molar refractivity (Wildman–Crippen MR) is 99.9 cm³/mol. The van der Waals surface area contributed by atoms with E-state index in [1.54, 1.807) is 38.1 Å². The molecule has 0 aliphatic heterocycles. The fourth-order valence-corrected chi connectivity index (χ4v) is 3.33. The van der Waals surface area contributed by atoms with Crippen LogP contribution in [0.5, 0.6) is 5.75 Å². The van der Waals surface area contributed by atoms with E-state index in [-0.39, 0.29) is 5.91 Å². The number of hydrogen-bond donors (Lipinski definition) is 1. The monoisotopic (exact) mass is 381 g/mol. The summed E-state index contributed by atoms with van der Waals surface area (Å²) in [7, 11) is 1.31. The molecule has 0 aliphatic carbocycles. The summed E-state index contributed by atoms with van der Waals surface area (Å²) >= 11 is 7.19. The average molecular weight is 382 g/mol. The molecule has 2 rings (SSSR count). The van der Waals surface area contributed by atoms with Gasteiger partial charge in [0, 0.05) is 9.90 Å². The maximum atomic E-state index is 12.7. The van der Waals surface area contributed by atoms with Crippen molar-refractivity contribution in [3.8, 4) is 5.75 Å². The zero-order valence-electron chi connectivity index (χ0n) is 14.7. The third kappa shape index (κ3) is 4.32. The van der Waals surface area contributed by atoms with Gasteiger partial charge in [0.1, 0.15) is 10.8 Å². The Kier molecular flexibility index (Phi) is 5.75. The highest BCUT2D eigenvalue weighted by Crippen LogP contribution is 2.34. The molecule has 0 fully saturated rings. The van der Waals surface area contributed by atoms with Gasteiger partial charge in [-0.1, -0.05) is 11.6 Å². The first-order valence-corrected chi connectivity index (χ1v) is 8.79. The first-order chi connectivity index (χ1) is 11.7. The molecule has 5 nitrogen and oxygen atoms in total. The molecule has 134 valence electrons. The molecule has 1 amide bonds. The number of carbonyl (C=O) groups excluding carboxylic acids is 2. The van der Waals surface area contributed by atoms with Crippen LogP contribution in [0.15, 0.2) is 24.3 Å². The van der Waals surface area contributed by atoms with Gasteiger partial charge in [0.05, 0.1) is 12.7 Å². The summed E-state index contributed by atoms with van der Waals surface area (Å²) < 4.78 is 10.6. The van der Waals surface area contributed by atoms with Crippen molar-refractivity contribution in [2.45, 2.75) is 33.3 Å². The van der Waals surface area contributed by atoms with Gasteiger partial charge in [-0.3, -0.25) is 4.79 Å². The Morgan fingerprint density at radius 1 is 1.16 bits per heavy atom. The maximum absolute atomic E-state index is 12.7. The molecule has 0 radical (unpaired) electrons. The fraction of sp³-hybridized carbons (Fsp3) is 0.333. The normalized spacial score (nSPS) is 11.1. The Morgan fingerprint density at radius 2 is 1.76 bits per heavy atom. The van der Waals surface area contributed by atoms with Crippen molar-refractivity contribution in [1.29, 1.82) is 0 Å². The van der Waals surface area contributed by atoms with Crippen LogP contribution in [-0.4, -0.2) is 24.6 Å². The molecule has 2 aromatic rings. The molecule has 0 saturated carbocycles. The zero-order chi connectivity index (χ0) is 18.8. The number of carbonyl (C=O) groups is 2. The van der Waals surface area contributed by atoms with Crippen molar-refractivity contribution in [1.82, 2.24) is 0 Å². The number of anilines is 1. The first kappa shape index (κ1) is 19.3. The summed E-state index contributed by atoms with van der Waals surface area (Å²) in [6.45, 7) is 7.02.